The molecule has 0 aliphatic carbocycles. The number of piperazine rings is 1. The van der Waals surface area contributed by atoms with E-state index in [1.165, 1.54) is 29.2 Å². The van der Waals surface area contributed by atoms with Crippen molar-refractivity contribution in [2.45, 2.75) is 58.7 Å². The van der Waals surface area contributed by atoms with Gasteiger partial charge < -0.3 is 19.3 Å². The maximum Gasteiger partial charge on any atom is 0.410 e. The molecule has 10 heteroatoms. The number of amides is 3. The second kappa shape index (κ2) is 14.1. The van der Waals surface area contributed by atoms with Gasteiger partial charge in [0.05, 0.1) is 6.04 Å². The summed E-state index contributed by atoms with van der Waals surface area (Å²) in [6, 6.07) is 18.6. The number of para-hydroxylation sites is 1. The van der Waals surface area contributed by atoms with E-state index in [9.17, 15) is 18.8 Å². The maximum absolute atomic E-state index is 14.4. The fourth-order valence-corrected chi connectivity index (χ4v) is 5.38. The first-order valence-corrected chi connectivity index (χ1v) is 15.2. The molecule has 1 aliphatic heterocycles. The molecule has 0 unspecified atom stereocenters. The quantitative estimate of drug-likeness (QED) is 0.250. The molecule has 1 saturated heterocycles. The van der Waals surface area contributed by atoms with Gasteiger partial charge in [0.15, 0.2) is 0 Å². The third-order valence-electron chi connectivity index (χ3n) is 7.36. The molecular formula is C34H39ClFN3O5. The van der Waals surface area contributed by atoms with Gasteiger partial charge in [-0.25, -0.2) is 9.18 Å². The van der Waals surface area contributed by atoms with Crippen molar-refractivity contribution < 1.29 is 28.2 Å². The van der Waals surface area contributed by atoms with Crippen LogP contribution in [0, 0.1) is 12.7 Å². The number of rotatable bonds is 8. The lowest BCUT2D eigenvalue weighted by molar-refractivity contribution is -0.137. The smallest absolute Gasteiger partial charge is 0.410 e. The summed E-state index contributed by atoms with van der Waals surface area (Å²) in [6.45, 7) is 9.94. The normalized spacial score (nSPS) is 15.8. The number of carbonyl (C=O) groups is 3. The number of nitrogens with zero attached hydrogens (tertiary/aromatic N) is 3. The van der Waals surface area contributed by atoms with Crippen molar-refractivity contribution >= 4 is 35.2 Å². The highest BCUT2D eigenvalue weighted by Gasteiger charge is 2.40. The van der Waals surface area contributed by atoms with Gasteiger partial charge in [-0.1, -0.05) is 37.3 Å². The van der Waals surface area contributed by atoms with Gasteiger partial charge >= 0.3 is 6.09 Å². The van der Waals surface area contributed by atoms with E-state index in [1.54, 1.807) is 28.0 Å². The second-order valence-electron chi connectivity index (χ2n) is 11.7. The van der Waals surface area contributed by atoms with E-state index in [0.29, 0.717) is 34.7 Å². The molecule has 234 valence electrons. The molecule has 0 aromatic heterocycles. The van der Waals surface area contributed by atoms with Crippen LogP contribution in [-0.4, -0.2) is 64.9 Å². The average molecular weight is 624 g/mol. The van der Waals surface area contributed by atoms with E-state index in [2.05, 4.69) is 0 Å². The maximum atomic E-state index is 14.4. The third-order valence-corrected chi connectivity index (χ3v) is 7.59. The minimum atomic E-state index is -1.13. The number of hydrogen-bond acceptors (Lipinski definition) is 5. The van der Waals surface area contributed by atoms with Crippen molar-refractivity contribution in [1.82, 2.24) is 9.80 Å². The Kier molecular flexibility index (Phi) is 10.5. The first kappa shape index (κ1) is 32.8. The van der Waals surface area contributed by atoms with E-state index < -0.39 is 29.5 Å². The lowest BCUT2D eigenvalue weighted by Gasteiger charge is -2.43. The standard InChI is InChI=1S/C34H39ClFN3O5/c1-6-26-22-37(18-19-38(26)33(42)44-34(3,4)5)32(41)31(24-12-14-25(36)15-13-24)39(30(40)21-35)29-17-16-28(20-23(29)2)43-27-10-8-7-9-11-27/h7-17,20,26,31H,6,18-19,21-22H2,1-5H3/t26-,31+/m0/s1. The van der Waals surface area contributed by atoms with Crippen LogP contribution in [0.3, 0.4) is 0 Å². The van der Waals surface area contributed by atoms with Crippen molar-refractivity contribution in [3.63, 3.8) is 0 Å². The van der Waals surface area contributed by atoms with Gasteiger partial charge in [-0.15, -0.1) is 11.6 Å². The minimum Gasteiger partial charge on any atom is -0.457 e. The molecule has 0 radical (unpaired) electrons. The molecule has 3 aromatic carbocycles. The number of alkyl halides is 1. The van der Waals surface area contributed by atoms with E-state index in [-0.39, 0.29) is 37.5 Å². The molecule has 2 atom stereocenters. The number of carbonyl (C=O) groups excluding carboxylic acids is 3. The number of halogens is 2. The van der Waals surface area contributed by atoms with Crippen LogP contribution < -0.4 is 9.64 Å². The Morgan fingerprint density at radius 2 is 1.68 bits per heavy atom. The minimum absolute atomic E-state index is 0.234. The van der Waals surface area contributed by atoms with Crippen molar-refractivity contribution in [3.8, 4) is 11.5 Å². The first-order chi connectivity index (χ1) is 20.9. The summed E-state index contributed by atoms with van der Waals surface area (Å²) in [7, 11) is 0. The molecule has 0 N–H and O–H groups in total. The Labute approximate surface area is 263 Å². The van der Waals surface area contributed by atoms with Crippen molar-refractivity contribution in [3.05, 3.63) is 89.7 Å². The van der Waals surface area contributed by atoms with Crippen LogP contribution in [0.2, 0.25) is 0 Å². The first-order valence-electron chi connectivity index (χ1n) is 14.7. The molecule has 3 aromatic rings. The summed E-state index contributed by atoms with van der Waals surface area (Å²) < 4.78 is 25.6. The Morgan fingerprint density at radius 3 is 2.27 bits per heavy atom. The molecule has 0 spiro atoms. The topological polar surface area (TPSA) is 79.4 Å². The van der Waals surface area contributed by atoms with Crippen molar-refractivity contribution in [2.24, 2.45) is 0 Å². The zero-order valence-electron chi connectivity index (χ0n) is 25.8. The second-order valence-corrected chi connectivity index (χ2v) is 12.0. The fourth-order valence-electron chi connectivity index (χ4n) is 5.25. The number of anilines is 1. The predicted molar refractivity (Wildman–Crippen MR) is 169 cm³/mol. The van der Waals surface area contributed by atoms with Gasteiger partial charge in [0.1, 0.15) is 34.8 Å². The summed E-state index contributed by atoms with van der Waals surface area (Å²) in [6.07, 6.45) is 0.162. The van der Waals surface area contributed by atoms with Crippen LogP contribution in [0.4, 0.5) is 14.9 Å². The van der Waals surface area contributed by atoms with Crippen LogP contribution in [0.5, 0.6) is 11.5 Å². The number of aryl methyl sites for hydroxylation is 1. The molecule has 1 aliphatic rings. The molecule has 1 heterocycles. The van der Waals surface area contributed by atoms with Crippen LogP contribution >= 0.6 is 11.6 Å². The lowest BCUT2D eigenvalue weighted by Crippen LogP contribution is -2.59. The number of benzene rings is 3. The van der Waals surface area contributed by atoms with Gasteiger partial charge in [0.2, 0.25) is 5.91 Å². The Balaban J connectivity index is 1.69. The summed E-state index contributed by atoms with van der Waals surface area (Å²) in [4.78, 5) is 45.6. The summed E-state index contributed by atoms with van der Waals surface area (Å²) >= 11 is 6.13. The predicted octanol–water partition coefficient (Wildman–Crippen LogP) is 7.10. The lowest BCUT2D eigenvalue weighted by atomic mass is 9.99. The van der Waals surface area contributed by atoms with Crippen molar-refractivity contribution in [1.29, 1.82) is 0 Å². The Bertz CT molecular complexity index is 1460. The zero-order valence-corrected chi connectivity index (χ0v) is 26.5. The SMILES string of the molecule is CC[C@H]1CN(C(=O)[C@@H](c2ccc(F)cc2)N(C(=O)CCl)c2ccc(Oc3ccccc3)cc2C)CCN1C(=O)OC(C)(C)C. The van der Waals surface area contributed by atoms with Crippen molar-refractivity contribution in [2.75, 3.05) is 30.4 Å². The van der Waals surface area contributed by atoms with Gasteiger partial charge in [0.25, 0.3) is 5.91 Å². The van der Waals surface area contributed by atoms with Gasteiger partial charge in [0, 0.05) is 25.3 Å². The largest absolute Gasteiger partial charge is 0.457 e. The third kappa shape index (κ3) is 7.88. The van der Waals surface area contributed by atoms with Gasteiger partial charge in [-0.2, -0.15) is 0 Å². The van der Waals surface area contributed by atoms with Crippen LogP contribution in [0.15, 0.2) is 72.8 Å². The van der Waals surface area contributed by atoms with E-state index in [4.69, 9.17) is 21.1 Å². The van der Waals surface area contributed by atoms with E-state index in [0.717, 1.165) is 0 Å². The highest BCUT2D eigenvalue weighted by atomic mass is 35.5. The van der Waals surface area contributed by atoms with E-state index >= 15 is 0 Å². The molecule has 44 heavy (non-hydrogen) atoms. The molecular weight excluding hydrogens is 585 g/mol. The molecule has 3 amide bonds. The van der Waals surface area contributed by atoms with Crippen LogP contribution in [-0.2, 0) is 14.3 Å². The Hall–Kier alpha value is -4.11. The highest BCUT2D eigenvalue weighted by Crippen LogP contribution is 2.35. The van der Waals surface area contributed by atoms with E-state index in [1.807, 2.05) is 65.0 Å². The molecule has 8 nitrogen and oxygen atoms in total. The summed E-state index contributed by atoms with van der Waals surface area (Å²) in [5, 5.41) is 0. The van der Waals surface area contributed by atoms with Gasteiger partial charge in [-0.05, 0) is 87.7 Å². The van der Waals surface area contributed by atoms with Crippen LogP contribution in [0.1, 0.15) is 51.3 Å². The number of ether oxygens (including phenoxy) is 2. The molecule has 0 bridgehead atoms. The molecule has 4 rings (SSSR count). The monoisotopic (exact) mass is 623 g/mol. The number of hydrogen-bond donors (Lipinski definition) is 0. The fraction of sp³-hybridized carbons (Fsp3) is 0.382. The highest BCUT2D eigenvalue weighted by molar-refractivity contribution is 6.30. The summed E-state index contributed by atoms with van der Waals surface area (Å²) in [5.41, 5.74) is 0.926. The molecule has 0 saturated carbocycles. The molecule has 1 fully saturated rings. The Morgan fingerprint density at radius 1 is 1.00 bits per heavy atom. The zero-order chi connectivity index (χ0) is 32.0. The van der Waals surface area contributed by atoms with Gasteiger partial charge in [-0.3, -0.25) is 14.5 Å². The average Bonchev–Trinajstić information content (AvgIpc) is 2.99. The van der Waals surface area contributed by atoms with Crippen LogP contribution in [0.25, 0.3) is 0 Å². The summed E-state index contributed by atoms with van der Waals surface area (Å²) in [5.74, 6) is -0.481.